The van der Waals surface area contributed by atoms with Gasteiger partial charge in [0.05, 0.1) is 13.7 Å². The molecule has 21 heavy (non-hydrogen) atoms. The molecule has 1 rings (SSSR count). The van der Waals surface area contributed by atoms with Crippen LogP contribution >= 0.6 is 0 Å². The van der Waals surface area contributed by atoms with Crippen LogP contribution in [0.2, 0.25) is 0 Å². The molecule has 1 N–H and O–H groups in total. The fourth-order valence-electron chi connectivity index (χ4n) is 2.50. The van der Waals surface area contributed by atoms with E-state index >= 15 is 0 Å². The normalized spacial score (nSPS) is 12.0. The number of hydrogen-bond donors (Lipinski definition) is 1. The maximum absolute atomic E-state index is 5.56. The van der Waals surface area contributed by atoms with Crippen LogP contribution in [0.5, 0.6) is 5.75 Å². The first-order chi connectivity index (χ1) is 10.2. The van der Waals surface area contributed by atoms with E-state index in [0.717, 1.165) is 25.4 Å². The number of ether oxygens (including phenoxy) is 2. The molecule has 1 aromatic carbocycles. The highest BCUT2D eigenvalue weighted by Gasteiger charge is 2.19. The Kier molecular flexibility index (Phi) is 7.87. The standard InChI is InChI=1S/C17H28N2O2/c1-6-11-19(12-13-20-4)15-9-8-10-16(21-5)17(15)14(3)18-7-2/h6,8-10,14,18H,1,7,11-13H2,2-5H3. The largest absolute Gasteiger partial charge is 0.496 e. The lowest BCUT2D eigenvalue weighted by Gasteiger charge is -2.29. The van der Waals surface area contributed by atoms with Gasteiger partial charge in [-0.25, -0.2) is 0 Å². The van der Waals surface area contributed by atoms with Crippen molar-refractivity contribution in [3.8, 4) is 5.75 Å². The fourth-order valence-corrected chi connectivity index (χ4v) is 2.50. The van der Waals surface area contributed by atoms with Crippen molar-refractivity contribution in [2.45, 2.75) is 19.9 Å². The summed E-state index contributed by atoms with van der Waals surface area (Å²) in [6.07, 6.45) is 1.91. The topological polar surface area (TPSA) is 33.7 Å². The summed E-state index contributed by atoms with van der Waals surface area (Å²) in [7, 11) is 3.44. The quantitative estimate of drug-likeness (QED) is 0.672. The maximum atomic E-state index is 5.56. The molecule has 0 fully saturated rings. The van der Waals surface area contributed by atoms with Gasteiger partial charge >= 0.3 is 0 Å². The monoisotopic (exact) mass is 292 g/mol. The summed E-state index contributed by atoms with van der Waals surface area (Å²) in [5, 5.41) is 3.47. The van der Waals surface area contributed by atoms with E-state index in [1.54, 1.807) is 14.2 Å². The molecule has 0 bridgehead atoms. The van der Waals surface area contributed by atoms with Crippen molar-refractivity contribution in [1.29, 1.82) is 0 Å². The fraction of sp³-hybridized carbons (Fsp3) is 0.529. The summed E-state index contributed by atoms with van der Waals surface area (Å²) in [5.41, 5.74) is 2.35. The molecule has 0 saturated heterocycles. The molecule has 4 nitrogen and oxygen atoms in total. The number of benzene rings is 1. The maximum Gasteiger partial charge on any atom is 0.125 e. The van der Waals surface area contributed by atoms with Gasteiger partial charge in [-0.3, -0.25) is 0 Å². The summed E-state index contributed by atoms with van der Waals surface area (Å²) in [6, 6.07) is 6.38. The highest BCUT2D eigenvalue weighted by Crippen LogP contribution is 2.34. The zero-order valence-electron chi connectivity index (χ0n) is 13.7. The van der Waals surface area contributed by atoms with Crippen molar-refractivity contribution in [1.82, 2.24) is 5.32 Å². The lowest BCUT2D eigenvalue weighted by atomic mass is 10.0. The van der Waals surface area contributed by atoms with Crippen LogP contribution in [0.1, 0.15) is 25.5 Å². The van der Waals surface area contributed by atoms with Gasteiger partial charge in [-0.15, -0.1) is 6.58 Å². The Morgan fingerprint density at radius 2 is 2.14 bits per heavy atom. The summed E-state index contributed by atoms with van der Waals surface area (Å²) >= 11 is 0. The molecular weight excluding hydrogens is 264 g/mol. The highest BCUT2D eigenvalue weighted by atomic mass is 16.5. The molecule has 0 aliphatic carbocycles. The number of rotatable bonds is 10. The summed E-state index contributed by atoms with van der Waals surface area (Å²) in [6.45, 7) is 11.3. The van der Waals surface area contributed by atoms with Gasteiger partial charge in [0.25, 0.3) is 0 Å². The third-order valence-corrected chi connectivity index (χ3v) is 3.46. The van der Waals surface area contributed by atoms with Crippen LogP contribution in [-0.2, 0) is 4.74 Å². The predicted octanol–water partition coefficient (Wildman–Crippen LogP) is 3.00. The molecule has 118 valence electrons. The Morgan fingerprint density at radius 3 is 2.71 bits per heavy atom. The van der Waals surface area contributed by atoms with Crippen LogP contribution in [0, 0.1) is 0 Å². The molecule has 4 heteroatoms. The van der Waals surface area contributed by atoms with Crippen molar-refractivity contribution in [3.05, 3.63) is 36.4 Å². The number of nitrogens with zero attached hydrogens (tertiary/aromatic N) is 1. The SMILES string of the molecule is C=CCN(CCOC)c1cccc(OC)c1C(C)NCC. The second-order valence-corrected chi connectivity index (χ2v) is 4.90. The Bertz CT molecular complexity index is 435. The van der Waals surface area contributed by atoms with Gasteiger partial charge in [0, 0.05) is 37.5 Å². The molecule has 0 aromatic heterocycles. The van der Waals surface area contributed by atoms with Crippen molar-refractivity contribution in [2.75, 3.05) is 45.4 Å². The van der Waals surface area contributed by atoms with Crippen LogP contribution in [0.4, 0.5) is 5.69 Å². The van der Waals surface area contributed by atoms with E-state index in [-0.39, 0.29) is 6.04 Å². The third-order valence-electron chi connectivity index (χ3n) is 3.46. The smallest absolute Gasteiger partial charge is 0.125 e. The van der Waals surface area contributed by atoms with Crippen molar-refractivity contribution in [2.24, 2.45) is 0 Å². The predicted molar refractivity (Wildman–Crippen MR) is 89.4 cm³/mol. The van der Waals surface area contributed by atoms with E-state index in [9.17, 15) is 0 Å². The van der Waals surface area contributed by atoms with E-state index in [0.29, 0.717) is 6.61 Å². The van der Waals surface area contributed by atoms with Gasteiger partial charge in [-0.2, -0.15) is 0 Å². The summed E-state index contributed by atoms with van der Waals surface area (Å²) in [4.78, 5) is 2.27. The minimum absolute atomic E-state index is 0.219. The Labute approximate surface area is 128 Å². The van der Waals surface area contributed by atoms with Crippen molar-refractivity contribution in [3.63, 3.8) is 0 Å². The average Bonchev–Trinajstić information content (AvgIpc) is 2.50. The number of methoxy groups -OCH3 is 2. The van der Waals surface area contributed by atoms with Crippen LogP contribution in [0.3, 0.4) is 0 Å². The van der Waals surface area contributed by atoms with Crippen molar-refractivity contribution >= 4 is 5.69 Å². The van der Waals surface area contributed by atoms with Crippen LogP contribution in [0.25, 0.3) is 0 Å². The first kappa shape index (κ1) is 17.5. The van der Waals surface area contributed by atoms with Gasteiger partial charge in [0.2, 0.25) is 0 Å². The molecule has 0 aliphatic heterocycles. The van der Waals surface area contributed by atoms with E-state index in [4.69, 9.17) is 9.47 Å². The van der Waals surface area contributed by atoms with E-state index in [2.05, 4.69) is 36.7 Å². The molecule has 1 atom stereocenters. The van der Waals surface area contributed by atoms with E-state index in [1.165, 1.54) is 11.3 Å². The van der Waals surface area contributed by atoms with E-state index in [1.807, 2.05) is 18.2 Å². The van der Waals surface area contributed by atoms with Gasteiger partial charge in [-0.05, 0) is 25.6 Å². The first-order valence-electron chi connectivity index (χ1n) is 7.44. The molecule has 1 unspecified atom stereocenters. The molecule has 0 spiro atoms. The minimum atomic E-state index is 0.219. The van der Waals surface area contributed by atoms with Gasteiger partial charge in [-0.1, -0.05) is 19.1 Å². The second kappa shape index (κ2) is 9.42. The van der Waals surface area contributed by atoms with Crippen LogP contribution < -0.4 is 15.0 Å². The second-order valence-electron chi connectivity index (χ2n) is 4.90. The first-order valence-corrected chi connectivity index (χ1v) is 7.44. The molecule has 0 heterocycles. The van der Waals surface area contributed by atoms with E-state index < -0.39 is 0 Å². The Hall–Kier alpha value is -1.52. The number of hydrogen-bond acceptors (Lipinski definition) is 4. The molecular formula is C17H28N2O2. The highest BCUT2D eigenvalue weighted by molar-refractivity contribution is 5.61. The molecule has 0 saturated carbocycles. The van der Waals surface area contributed by atoms with Crippen LogP contribution in [0.15, 0.2) is 30.9 Å². The molecule has 0 aliphatic rings. The zero-order chi connectivity index (χ0) is 15.7. The summed E-state index contributed by atoms with van der Waals surface area (Å²) < 4.78 is 10.8. The summed E-state index contributed by atoms with van der Waals surface area (Å²) in [5.74, 6) is 0.910. The van der Waals surface area contributed by atoms with Crippen LogP contribution in [-0.4, -0.2) is 40.5 Å². The number of nitrogens with one attached hydrogen (secondary N) is 1. The minimum Gasteiger partial charge on any atom is -0.496 e. The van der Waals surface area contributed by atoms with Crippen molar-refractivity contribution < 1.29 is 9.47 Å². The van der Waals surface area contributed by atoms with Gasteiger partial charge in [0.1, 0.15) is 5.75 Å². The third kappa shape index (κ3) is 4.76. The lowest BCUT2D eigenvalue weighted by Crippen LogP contribution is -2.30. The molecule has 0 radical (unpaired) electrons. The molecule has 0 amide bonds. The Balaban J connectivity index is 3.20. The average molecular weight is 292 g/mol. The van der Waals surface area contributed by atoms with Gasteiger partial charge in [0.15, 0.2) is 0 Å². The Morgan fingerprint density at radius 1 is 1.38 bits per heavy atom. The lowest BCUT2D eigenvalue weighted by molar-refractivity contribution is 0.205. The number of anilines is 1. The zero-order valence-corrected chi connectivity index (χ0v) is 13.7. The molecule has 1 aromatic rings. The van der Waals surface area contributed by atoms with Gasteiger partial charge < -0.3 is 19.7 Å².